The molecular weight excluding hydrogens is 344 g/mol. The summed E-state index contributed by atoms with van der Waals surface area (Å²) >= 11 is 1.42. The minimum atomic E-state index is -0.253. The molecule has 1 aliphatic carbocycles. The molecule has 136 valence electrons. The predicted octanol–water partition coefficient (Wildman–Crippen LogP) is 5.35. The Morgan fingerprint density at radius 1 is 0.808 bits per heavy atom. The molecule has 0 N–H and O–H groups in total. The van der Waals surface area contributed by atoms with Crippen LogP contribution in [0.25, 0.3) is 0 Å². The van der Waals surface area contributed by atoms with Gasteiger partial charge in [-0.15, -0.1) is 0 Å². The highest BCUT2D eigenvalue weighted by atomic mass is 32.2. The van der Waals surface area contributed by atoms with Crippen LogP contribution in [0.1, 0.15) is 57.5 Å². The highest BCUT2D eigenvalue weighted by molar-refractivity contribution is 8.14. The Bertz CT molecular complexity index is 689. The van der Waals surface area contributed by atoms with Crippen LogP contribution >= 0.6 is 11.8 Å². The largest absolute Gasteiger partial charge is 0.459 e. The fraction of sp³-hybridized carbons (Fsp3) is 0.364. The second kappa shape index (κ2) is 8.54. The maximum absolute atomic E-state index is 12.4. The third-order valence-corrected chi connectivity index (χ3v) is 6.00. The van der Waals surface area contributed by atoms with Crippen molar-refractivity contribution in [1.82, 2.24) is 0 Å². The van der Waals surface area contributed by atoms with Crippen molar-refractivity contribution in [2.75, 3.05) is 0 Å². The highest BCUT2D eigenvalue weighted by Crippen LogP contribution is 2.32. The first-order valence-electron chi connectivity index (χ1n) is 9.06. The second-order valence-electron chi connectivity index (χ2n) is 6.94. The fourth-order valence-corrected chi connectivity index (χ4v) is 4.17. The smallest absolute Gasteiger partial charge is 0.338 e. The number of rotatable bonds is 4. The van der Waals surface area contributed by atoms with Gasteiger partial charge in [0.05, 0.1) is 5.56 Å². The molecule has 1 saturated carbocycles. The lowest BCUT2D eigenvalue weighted by atomic mass is 9.97. The van der Waals surface area contributed by atoms with Crippen molar-refractivity contribution in [1.29, 1.82) is 0 Å². The zero-order valence-electron chi connectivity index (χ0n) is 15.2. The second-order valence-corrected chi connectivity index (χ2v) is 8.21. The van der Waals surface area contributed by atoms with E-state index in [2.05, 4.69) is 0 Å². The van der Waals surface area contributed by atoms with Gasteiger partial charge in [-0.25, -0.2) is 4.79 Å². The summed E-state index contributed by atoms with van der Waals surface area (Å²) < 4.78 is 5.64. The first kappa shape index (κ1) is 18.7. The third kappa shape index (κ3) is 4.98. The van der Waals surface area contributed by atoms with Crippen molar-refractivity contribution >= 4 is 22.8 Å². The first-order chi connectivity index (χ1) is 12.5. The summed E-state index contributed by atoms with van der Waals surface area (Å²) in [5, 5.41) is 0.434. The van der Waals surface area contributed by atoms with Gasteiger partial charge in [0.25, 0.3) is 0 Å². The summed E-state index contributed by atoms with van der Waals surface area (Å²) in [6.07, 6.45) is 3.38. The molecule has 0 saturated heterocycles. The van der Waals surface area contributed by atoms with E-state index in [1.54, 1.807) is 12.1 Å². The van der Waals surface area contributed by atoms with Gasteiger partial charge >= 0.3 is 5.97 Å². The number of carbonyl (C=O) groups is 2. The molecule has 0 aliphatic heterocycles. The lowest BCUT2D eigenvalue weighted by Gasteiger charge is -2.27. The maximum atomic E-state index is 12.4. The summed E-state index contributed by atoms with van der Waals surface area (Å²) in [7, 11) is 0. The molecule has 0 aromatic heterocycles. The minimum Gasteiger partial charge on any atom is -0.459 e. The molecule has 0 atom stereocenters. The van der Waals surface area contributed by atoms with Gasteiger partial charge in [-0.1, -0.05) is 59.3 Å². The van der Waals surface area contributed by atoms with Crippen molar-refractivity contribution in [2.45, 2.75) is 50.9 Å². The lowest BCUT2D eigenvalue weighted by molar-refractivity contribution is 0.0215. The molecule has 3 rings (SSSR count). The molecule has 2 aromatic rings. The molecule has 0 radical (unpaired) electrons. The zero-order valence-corrected chi connectivity index (χ0v) is 16.1. The number of hydrogen-bond donors (Lipinski definition) is 0. The van der Waals surface area contributed by atoms with E-state index in [9.17, 15) is 9.59 Å². The minimum absolute atomic E-state index is 0.0462. The number of benzene rings is 2. The van der Waals surface area contributed by atoms with E-state index in [4.69, 9.17) is 4.74 Å². The quantitative estimate of drug-likeness (QED) is 0.683. The summed E-state index contributed by atoms with van der Waals surface area (Å²) in [4.78, 5) is 24.6. The SMILES string of the molecule is Cc1ccc(C(=O)OC2CCC(SC(=O)c3ccc(C)cc3)CC2)cc1. The molecule has 0 bridgehead atoms. The van der Waals surface area contributed by atoms with Gasteiger partial charge in [-0.3, -0.25) is 4.79 Å². The number of ether oxygens (including phenoxy) is 1. The van der Waals surface area contributed by atoms with E-state index in [-0.39, 0.29) is 17.2 Å². The van der Waals surface area contributed by atoms with Gasteiger partial charge in [0.2, 0.25) is 5.12 Å². The summed E-state index contributed by atoms with van der Waals surface area (Å²) in [5.74, 6) is -0.253. The van der Waals surface area contributed by atoms with Crippen LogP contribution < -0.4 is 0 Å². The number of thioether (sulfide) groups is 1. The topological polar surface area (TPSA) is 43.4 Å². The number of esters is 1. The molecule has 26 heavy (non-hydrogen) atoms. The molecular formula is C22H24O3S. The molecule has 0 spiro atoms. The van der Waals surface area contributed by atoms with Crippen molar-refractivity contribution in [3.63, 3.8) is 0 Å². The average Bonchev–Trinajstić information content (AvgIpc) is 2.64. The van der Waals surface area contributed by atoms with Gasteiger partial charge in [-0.2, -0.15) is 0 Å². The molecule has 0 unspecified atom stereocenters. The average molecular weight is 368 g/mol. The normalized spacial score (nSPS) is 19.8. The van der Waals surface area contributed by atoms with E-state index >= 15 is 0 Å². The van der Waals surface area contributed by atoms with Crippen molar-refractivity contribution in [2.24, 2.45) is 0 Å². The Hall–Kier alpha value is -2.07. The van der Waals surface area contributed by atoms with Gasteiger partial charge in [-0.05, 0) is 51.7 Å². The van der Waals surface area contributed by atoms with Gasteiger partial charge < -0.3 is 4.74 Å². The van der Waals surface area contributed by atoms with E-state index in [0.29, 0.717) is 10.8 Å². The summed E-state index contributed by atoms with van der Waals surface area (Å²) in [6.45, 7) is 4.01. The van der Waals surface area contributed by atoms with Crippen LogP contribution in [0.5, 0.6) is 0 Å². The van der Waals surface area contributed by atoms with Crippen LogP contribution in [0.3, 0.4) is 0 Å². The van der Waals surface area contributed by atoms with E-state index in [1.807, 2.05) is 50.2 Å². The number of carbonyl (C=O) groups excluding carboxylic acids is 2. The van der Waals surface area contributed by atoms with E-state index in [0.717, 1.165) is 42.4 Å². The van der Waals surface area contributed by atoms with Crippen LogP contribution in [-0.4, -0.2) is 22.4 Å². The molecule has 4 heteroatoms. The zero-order chi connectivity index (χ0) is 18.5. The predicted molar refractivity (Wildman–Crippen MR) is 106 cm³/mol. The Morgan fingerprint density at radius 3 is 1.85 bits per heavy atom. The number of hydrogen-bond acceptors (Lipinski definition) is 4. The molecule has 3 nitrogen and oxygen atoms in total. The molecule has 2 aromatic carbocycles. The number of aryl methyl sites for hydroxylation is 2. The van der Waals surface area contributed by atoms with Gasteiger partial charge in [0.15, 0.2) is 0 Å². The summed E-state index contributed by atoms with van der Waals surface area (Å²) in [5.41, 5.74) is 3.63. The first-order valence-corrected chi connectivity index (χ1v) is 9.94. The van der Waals surface area contributed by atoms with Crippen LogP contribution in [0.2, 0.25) is 0 Å². The lowest BCUT2D eigenvalue weighted by Crippen LogP contribution is -2.26. The molecule has 1 fully saturated rings. The van der Waals surface area contributed by atoms with E-state index in [1.165, 1.54) is 11.8 Å². The van der Waals surface area contributed by atoms with Crippen LogP contribution in [0.4, 0.5) is 0 Å². The maximum Gasteiger partial charge on any atom is 0.338 e. The fourth-order valence-electron chi connectivity index (χ4n) is 3.09. The van der Waals surface area contributed by atoms with Crippen molar-refractivity contribution < 1.29 is 14.3 Å². The molecule has 0 amide bonds. The van der Waals surface area contributed by atoms with Crippen molar-refractivity contribution in [3.05, 3.63) is 70.8 Å². The molecule has 0 heterocycles. The van der Waals surface area contributed by atoms with Crippen LogP contribution in [0.15, 0.2) is 48.5 Å². The Balaban J connectivity index is 1.46. The van der Waals surface area contributed by atoms with Gasteiger partial charge in [0.1, 0.15) is 6.10 Å². The highest BCUT2D eigenvalue weighted by Gasteiger charge is 2.26. The van der Waals surface area contributed by atoms with E-state index < -0.39 is 0 Å². The van der Waals surface area contributed by atoms with Crippen LogP contribution in [0, 0.1) is 13.8 Å². The third-order valence-electron chi connectivity index (χ3n) is 4.74. The Labute approximate surface area is 159 Å². The Kier molecular flexibility index (Phi) is 6.15. The van der Waals surface area contributed by atoms with Gasteiger partial charge in [0, 0.05) is 10.8 Å². The van der Waals surface area contributed by atoms with Crippen molar-refractivity contribution in [3.8, 4) is 0 Å². The monoisotopic (exact) mass is 368 g/mol. The van der Waals surface area contributed by atoms with Crippen LogP contribution in [-0.2, 0) is 4.74 Å². The molecule has 1 aliphatic rings. The Morgan fingerprint density at radius 2 is 1.31 bits per heavy atom. The summed E-state index contributed by atoms with van der Waals surface area (Å²) in [6, 6.07) is 15.2. The standard InChI is InChI=1S/C22H24O3S/c1-15-3-7-17(8-4-15)21(23)25-19-11-13-20(14-12-19)26-22(24)18-9-5-16(2)6-10-18/h3-10,19-20H,11-14H2,1-2H3.